The Morgan fingerprint density at radius 2 is 1.74 bits per heavy atom. The van der Waals surface area contributed by atoms with E-state index in [1.54, 1.807) is 40.3 Å². The van der Waals surface area contributed by atoms with Gasteiger partial charge >= 0.3 is 0 Å². The van der Waals surface area contributed by atoms with Crippen molar-refractivity contribution in [2.75, 3.05) is 26.1 Å². The lowest BCUT2D eigenvalue weighted by Crippen LogP contribution is -2.23. The molecule has 1 unspecified atom stereocenters. The topological polar surface area (TPSA) is 141 Å². The fourth-order valence-corrected chi connectivity index (χ4v) is 5.10. The summed E-state index contributed by atoms with van der Waals surface area (Å²) in [6.45, 7) is 11.6. The number of halogens is 2. The number of hydrogen-bond donors (Lipinski definition) is 3. The summed E-state index contributed by atoms with van der Waals surface area (Å²) in [7, 11) is 6.64. The molecule has 1 amide bonds. The first-order chi connectivity index (χ1) is 22.5. The number of amides is 1. The molecular formula is C32H40FIN6O5S2. The van der Waals surface area contributed by atoms with Crippen LogP contribution in [-0.4, -0.2) is 69.0 Å². The Balaban J connectivity index is 0.000000359. The molecule has 2 N–H and O–H groups in total. The maximum Gasteiger partial charge on any atom is 0.232 e. The molecule has 2 aromatic carbocycles. The number of benzene rings is 2. The van der Waals surface area contributed by atoms with Crippen molar-refractivity contribution in [3.63, 3.8) is 0 Å². The Hall–Kier alpha value is -3.25. The number of nitrogens with zero attached hydrogens (tertiary/aromatic N) is 5. The molecule has 11 nitrogen and oxygen atoms in total. The first kappa shape index (κ1) is 39.9. The maximum absolute atomic E-state index is 14.5. The van der Waals surface area contributed by atoms with Gasteiger partial charge in [0.25, 0.3) is 0 Å². The van der Waals surface area contributed by atoms with Crippen LogP contribution in [0.4, 0.5) is 10.1 Å². The lowest BCUT2D eigenvalue weighted by Gasteiger charge is -2.15. The van der Waals surface area contributed by atoms with Gasteiger partial charge in [-0.1, -0.05) is 13.8 Å². The number of ether oxygens (including phenoxy) is 3. The predicted molar refractivity (Wildman–Crippen MR) is 197 cm³/mol. The van der Waals surface area contributed by atoms with E-state index in [1.165, 1.54) is 29.8 Å². The minimum atomic E-state index is -0.820. The molecule has 3 heterocycles. The predicted octanol–water partition coefficient (Wildman–Crippen LogP) is 7.43. The Kier molecular flexibility index (Phi) is 16.6. The molecule has 15 heteroatoms. The number of thiazole rings is 1. The van der Waals surface area contributed by atoms with Crippen LogP contribution in [0.25, 0.3) is 31.8 Å². The molecule has 3 aromatic heterocycles. The number of hydrogen-bond acceptors (Lipinski definition) is 12. The first-order valence-corrected chi connectivity index (χ1v) is 18.5. The summed E-state index contributed by atoms with van der Waals surface area (Å²) in [5, 5.41) is 12.7. The number of anilines is 1. The second-order valence-electron chi connectivity index (χ2n) is 10.4. The van der Waals surface area contributed by atoms with Gasteiger partial charge in [0, 0.05) is 31.2 Å². The van der Waals surface area contributed by atoms with Gasteiger partial charge in [-0.05, 0) is 66.6 Å². The van der Waals surface area contributed by atoms with Gasteiger partial charge in [-0.25, -0.2) is 29.3 Å². The van der Waals surface area contributed by atoms with E-state index in [4.69, 9.17) is 14.2 Å². The molecule has 0 spiro atoms. The zero-order valence-electron chi connectivity index (χ0n) is 27.5. The second-order valence-corrected chi connectivity index (χ2v) is 11.4. The number of methoxy groups -OCH3 is 2. The van der Waals surface area contributed by atoms with Crippen LogP contribution in [-0.2, 0) is 16.0 Å². The number of aryl methyl sites for hydroxylation is 1. The van der Waals surface area contributed by atoms with Crippen molar-refractivity contribution < 1.29 is 28.5 Å². The molecule has 1 atom stereocenters. The van der Waals surface area contributed by atoms with Crippen molar-refractivity contribution in [2.24, 2.45) is 0 Å². The molecular weight excluding hydrogens is 758 g/mol. The highest BCUT2D eigenvalue weighted by molar-refractivity contribution is 14.2. The molecule has 0 saturated heterocycles. The van der Waals surface area contributed by atoms with Crippen LogP contribution < -0.4 is 14.8 Å². The van der Waals surface area contributed by atoms with E-state index in [0.29, 0.717) is 42.3 Å². The van der Waals surface area contributed by atoms with Gasteiger partial charge in [-0.3, -0.25) is 4.79 Å². The summed E-state index contributed by atoms with van der Waals surface area (Å²) in [6, 6.07) is 7.04. The number of aromatic nitrogens is 5. The van der Waals surface area contributed by atoms with E-state index >= 15 is 0 Å². The first-order valence-electron chi connectivity index (χ1n) is 14.5. The van der Waals surface area contributed by atoms with Gasteiger partial charge in [0.15, 0.2) is 11.6 Å². The van der Waals surface area contributed by atoms with Crippen LogP contribution in [0.3, 0.4) is 0 Å². The normalized spacial score (nSPS) is 11.2. The van der Waals surface area contributed by atoms with Crippen LogP contribution in [0.15, 0.2) is 42.9 Å². The highest BCUT2D eigenvalue weighted by Gasteiger charge is 2.17. The highest BCUT2D eigenvalue weighted by atomic mass is 127. The van der Waals surface area contributed by atoms with Crippen LogP contribution in [0, 0.1) is 12.7 Å². The fourth-order valence-electron chi connectivity index (χ4n) is 4.11. The van der Waals surface area contributed by atoms with E-state index < -0.39 is 11.4 Å². The number of nitrogens with one attached hydrogen (secondary N) is 1. The van der Waals surface area contributed by atoms with Crippen molar-refractivity contribution in [1.82, 2.24) is 24.9 Å². The lowest BCUT2D eigenvalue weighted by molar-refractivity contribution is -0.105. The zero-order chi connectivity index (χ0) is 35.1. The van der Waals surface area contributed by atoms with Gasteiger partial charge in [0.1, 0.15) is 16.9 Å². The summed E-state index contributed by atoms with van der Waals surface area (Å²) in [5.41, 5.74) is 3.62. The van der Waals surface area contributed by atoms with Crippen LogP contribution >= 0.6 is 42.3 Å². The van der Waals surface area contributed by atoms with Gasteiger partial charge in [-0.2, -0.15) is 0 Å². The number of rotatable bonds is 10. The van der Waals surface area contributed by atoms with Crippen molar-refractivity contribution in [2.45, 2.75) is 59.7 Å². The summed E-state index contributed by atoms with van der Waals surface area (Å²) in [5.74, 6) is 0.744. The van der Waals surface area contributed by atoms with Gasteiger partial charge in [0.2, 0.25) is 12.3 Å². The fraction of sp³-hybridized carbons (Fsp3) is 0.375. The summed E-state index contributed by atoms with van der Waals surface area (Å²) in [4.78, 5) is 31.7. The number of thiol groups is 1. The molecule has 0 saturated carbocycles. The average molecular weight is 799 g/mol. The Bertz CT molecular complexity index is 1720. The van der Waals surface area contributed by atoms with E-state index in [9.17, 15) is 14.3 Å². The Morgan fingerprint density at radius 1 is 1.06 bits per heavy atom. The number of fused-ring (bicyclic) bond motifs is 2. The molecule has 0 bridgehead atoms. The molecule has 0 aliphatic carbocycles. The lowest BCUT2D eigenvalue weighted by atomic mass is 10.1. The quantitative estimate of drug-likeness (QED) is 0.0743. The third-order valence-corrected chi connectivity index (χ3v) is 6.95. The number of carbonyl (C=O) groups is 1. The maximum atomic E-state index is 14.5. The summed E-state index contributed by atoms with van der Waals surface area (Å²) >= 11 is 3.30. The van der Waals surface area contributed by atoms with Crippen LogP contribution in [0.5, 0.6) is 11.6 Å². The van der Waals surface area contributed by atoms with Crippen molar-refractivity contribution in [3.8, 4) is 22.2 Å². The third-order valence-electron chi connectivity index (χ3n) is 5.90. The van der Waals surface area contributed by atoms with Gasteiger partial charge in [-0.15, -0.1) is 21.1 Å². The average Bonchev–Trinajstić information content (AvgIpc) is 3.45. The Morgan fingerprint density at radius 3 is 2.34 bits per heavy atom. The van der Waals surface area contributed by atoms with Crippen LogP contribution in [0.2, 0.25) is 0 Å². The molecule has 254 valence electrons. The number of aliphatic hydroxyl groups is 1. The molecule has 47 heavy (non-hydrogen) atoms. The van der Waals surface area contributed by atoms with Crippen LogP contribution in [0.1, 0.15) is 46.0 Å². The van der Waals surface area contributed by atoms with Crippen molar-refractivity contribution >= 4 is 75.7 Å². The standard InChI is InChI=1S/C21H20FN3O3S.C9H13N3O2.C2H6.HIS/c1-11-5-13(20-16(6-11)24-19(27-4)9-23-20)21-25-15-7-14(22)17(8-18(15)29-21)28-12(2)10-26-3;1-9(2,14)3-8-10-4-7(5-11-8)12-6-13;2*1-2/h5-9,12H,10H2,1-4H3;4-6,14H,3H2,1-2H3,(H,12,13);1-2H3;2H. The van der Waals surface area contributed by atoms with E-state index in [2.05, 4.69) is 40.0 Å². The molecule has 0 fully saturated rings. The summed E-state index contributed by atoms with van der Waals surface area (Å²) in [6.07, 6.45) is 5.27. The van der Waals surface area contributed by atoms with Crippen molar-refractivity contribution in [1.29, 1.82) is 0 Å². The van der Waals surface area contributed by atoms with E-state index in [0.717, 1.165) is 31.9 Å². The highest BCUT2D eigenvalue weighted by Crippen LogP contribution is 2.37. The monoisotopic (exact) mass is 798 g/mol. The van der Waals surface area contributed by atoms with Gasteiger partial charge in [0.05, 0.1) is 64.8 Å². The second kappa shape index (κ2) is 19.5. The minimum Gasteiger partial charge on any atom is -0.485 e. The SMILES string of the molecule is CC.CC(C)(O)Cc1ncc(NC=O)cn1.COCC(C)Oc1cc2sc(-c3cc(C)cc4nc(OC)cnc34)nc2cc1F.SI. The Labute approximate surface area is 295 Å². The van der Waals surface area contributed by atoms with Crippen molar-refractivity contribution in [3.05, 3.63) is 60.1 Å². The molecule has 5 rings (SSSR count). The minimum absolute atomic E-state index is 0.191. The molecule has 0 aliphatic rings. The van der Waals surface area contributed by atoms with E-state index in [1.807, 2.05) is 61.0 Å². The smallest absolute Gasteiger partial charge is 0.232 e. The largest absolute Gasteiger partial charge is 0.485 e. The zero-order valence-corrected chi connectivity index (χ0v) is 31.4. The summed E-state index contributed by atoms with van der Waals surface area (Å²) < 4.78 is 31.2. The molecule has 0 radical (unpaired) electrons. The molecule has 0 aliphatic heterocycles. The number of carbonyl (C=O) groups excluding carboxylic acids is 1. The molecule has 5 aromatic rings. The third kappa shape index (κ3) is 12.1. The van der Waals surface area contributed by atoms with Gasteiger partial charge < -0.3 is 24.6 Å². The van der Waals surface area contributed by atoms with E-state index in [-0.39, 0.29) is 11.9 Å².